The van der Waals surface area contributed by atoms with E-state index >= 15 is 0 Å². The number of pyridine rings is 1. The second-order valence-corrected chi connectivity index (χ2v) is 7.84. The van der Waals surface area contributed by atoms with Gasteiger partial charge in [0.15, 0.2) is 0 Å². The van der Waals surface area contributed by atoms with Gasteiger partial charge in [-0.1, -0.05) is 56.3 Å². The number of carboxylic acid groups (broad SMARTS) is 1. The lowest BCUT2D eigenvalue weighted by molar-refractivity contribution is -0.140. The minimum Gasteiger partial charge on any atom is -0.480 e. The maximum absolute atomic E-state index is 12.4. The van der Waals surface area contributed by atoms with E-state index in [4.69, 9.17) is 0 Å². The van der Waals surface area contributed by atoms with Crippen LogP contribution in [0, 0.1) is 5.92 Å². The first-order valence-electron chi connectivity index (χ1n) is 10.5. The van der Waals surface area contributed by atoms with E-state index in [9.17, 15) is 19.5 Å². The zero-order valence-corrected chi connectivity index (χ0v) is 18.4. The van der Waals surface area contributed by atoms with Crippen LogP contribution < -0.4 is 16.0 Å². The highest BCUT2D eigenvalue weighted by Gasteiger charge is 2.23. The third-order valence-corrected chi connectivity index (χ3v) is 5.00. The molecule has 0 aliphatic carbocycles. The van der Waals surface area contributed by atoms with Gasteiger partial charge in [-0.05, 0) is 41.3 Å². The summed E-state index contributed by atoms with van der Waals surface area (Å²) in [5.74, 6) is -1.33. The van der Waals surface area contributed by atoms with E-state index < -0.39 is 17.9 Å². The molecule has 3 amide bonds. The summed E-state index contributed by atoms with van der Waals surface area (Å²) in [6.07, 6.45) is 1.63. The molecule has 8 nitrogen and oxygen atoms in total. The molecule has 170 valence electrons. The summed E-state index contributed by atoms with van der Waals surface area (Å²) in [5, 5.41) is 17.2. The van der Waals surface area contributed by atoms with Crippen LogP contribution in [-0.2, 0) is 11.3 Å². The highest BCUT2D eigenvalue weighted by molar-refractivity contribution is 5.97. The molecule has 0 saturated heterocycles. The Balaban J connectivity index is 1.57. The molecule has 1 atom stereocenters. The molecule has 3 rings (SSSR count). The smallest absolute Gasteiger partial charge is 0.326 e. The number of carbonyl (C=O) groups excluding carboxylic acids is 2. The van der Waals surface area contributed by atoms with Crippen molar-refractivity contribution >= 4 is 23.7 Å². The number of hydrogen-bond donors (Lipinski definition) is 4. The molecule has 0 spiro atoms. The van der Waals surface area contributed by atoms with Gasteiger partial charge >= 0.3 is 12.0 Å². The van der Waals surface area contributed by atoms with Gasteiger partial charge in [-0.2, -0.15) is 0 Å². The standard InChI is InChI=1S/C25H26N4O4/c1-16(2)22(24(31)32)29-23(30)19-10-8-18(9-11-19)20-12-13-21(26-15-20)28-25(33)27-14-17-6-4-3-5-7-17/h3-13,15-16,22H,14H2,1-2H3,(H,29,30)(H,31,32)(H2,26,27,28,33)/t22-/m0/s1. The molecule has 2 aromatic carbocycles. The van der Waals surface area contributed by atoms with Gasteiger partial charge in [0.25, 0.3) is 5.91 Å². The number of rotatable bonds is 8. The number of urea groups is 1. The average molecular weight is 447 g/mol. The molecule has 0 unspecified atom stereocenters. The second kappa shape index (κ2) is 10.9. The predicted molar refractivity (Wildman–Crippen MR) is 126 cm³/mol. The fourth-order valence-corrected chi connectivity index (χ4v) is 3.13. The Morgan fingerprint density at radius 2 is 1.58 bits per heavy atom. The van der Waals surface area contributed by atoms with E-state index in [0.29, 0.717) is 17.9 Å². The van der Waals surface area contributed by atoms with E-state index in [1.165, 1.54) is 0 Å². The molecule has 8 heteroatoms. The van der Waals surface area contributed by atoms with E-state index in [1.807, 2.05) is 36.4 Å². The van der Waals surface area contributed by atoms with Crippen LogP contribution in [0.25, 0.3) is 11.1 Å². The fourth-order valence-electron chi connectivity index (χ4n) is 3.13. The Labute approximate surface area is 192 Å². The molecular weight excluding hydrogens is 420 g/mol. The van der Waals surface area contributed by atoms with Crippen molar-refractivity contribution in [1.29, 1.82) is 0 Å². The van der Waals surface area contributed by atoms with Gasteiger partial charge in [-0.3, -0.25) is 10.1 Å². The Kier molecular flexibility index (Phi) is 7.75. The number of amides is 3. The van der Waals surface area contributed by atoms with Crippen molar-refractivity contribution in [2.24, 2.45) is 5.92 Å². The number of benzene rings is 2. The Morgan fingerprint density at radius 3 is 2.15 bits per heavy atom. The fraction of sp³-hybridized carbons (Fsp3) is 0.200. The first-order chi connectivity index (χ1) is 15.8. The molecule has 1 heterocycles. The maximum atomic E-state index is 12.4. The first-order valence-corrected chi connectivity index (χ1v) is 10.5. The number of aromatic nitrogens is 1. The van der Waals surface area contributed by atoms with Gasteiger partial charge in [0.05, 0.1) is 0 Å². The molecule has 3 aromatic rings. The number of aliphatic carboxylic acids is 1. The van der Waals surface area contributed by atoms with Crippen LogP contribution in [0.1, 0.15) is 29.8 Å². The molecule has 0 saturated carbocycles. The number of nitrogens with one attached hydrogen (secondary N) is 3. The molecule has 33 heavy (non-hydrogen) atoms. The lowest BCUT2D eigenvalue weighted by atomic mass is 10.0. The zero-order valence-electron chi connectivity index (χ0n) is 18.4. The summed E-state index contributed by atoms with van der Waals surface area (Å²) in [6.45, 7) is 3.89. The third-order valence-electron chi connectivity index (χ3n) is 5.00. The lowest BCUT2D eigenvalue weighted by Crippen LogP contribution is -2.44. The molecule has 4 N–H and O–H groups in total. The predicted octanol–water partition coefficient (Wildman–Crippen LogP) is 3.91. The highest BCUT2D eigenvalue weighted by Crippen LogP contribution is 2.20. The largest absolute Gasteiger partial charge is 0.480 e. The van der Waals surface area contributed by atoms with Crippen LogP contribution in [0.4, 0.5) is 10.6 Å². The Bertz CT molecular complexity index is 1100. The van der Waals surface area contributed by atoms with Crippen molar-refractivity contribution in [1.82, 2.24) is 15.6 Å². The molecule has 0 bridgehead atoms. The minimum atomic E-state index is -1.07. The van der Waals surface area contributed by atoms with Gasteiger partial charge in [0.1, 0.15) is 11.9 Å². The van der Waals surface area contributed by atoms with Crippen molar-refractivity contribution in [3.63, 3.8) is 0 Å². The van der Waals surface area contributed by atoms with Gasteiger partial charge in [0, 0.05) is 23.9 Å². The van der Waals surface area contributed by atoms with Crippen LogP contribution in [0.3, 0.4) is 0 Å². The number of anilines is 1. The maximum Gasteiger partial charge on any atom is 0.326 e. The summed E-state index contributed by atoms with van der Waals surface area (Å²) in [7, 11) is 0. The van der Waals surface area contributed by atoms with Crippen molar-refractivity contribution in [2.75, 3.05) is 5.32 Å². The van der Waals surface area contributed by atoms with Gasteiger partial charge in [-0.15, -0.1) is 0 Å². The van der Waals surface area contributed by atoms with E-state index in [1.54, 1.807) is 50.4 Å². The quantitative estimate of drug-likeness (QED) is 0.418. The monoisotopic (exact) mass is 446 g/mol. The number of hydrogen-bond acceptors (Lipinski definition) is 4. The molecule has 0 aliphatic heterocycles. The van der Waals surface area contributed by atoms with Crippen molar-refractivity contribution in [2.45, 2.75) is 26.4 Å². The van der Waals surface area contributed by atoms with E-state index in [-0.39, 0.29) is 11.9 Å². The molecule has 0 aliphatic rings. The number of carboxylic acids is 1. The third kappa shape index (κ3) is 6.64. The molecule has 0 fully saturated rings. The van der Waals surface area contributed by atoms with Crippen LogP contribution >= 0.6 is 0 Å². The van der Waals surface area contributed by atoms with Crippen molar-refractivity contribution in [3.05, 3.63) is 84.1 Å². The minimum absolute atomic E-state index is 0.232. The first kappa shape index (κ1) is 23.5. The number of nitrogens with zero attached hydrogens (tertiary/aromatic N) is 1. The van der Waals surface area contributed by atoms with Crippen molar-refractivity contribution < 1.29 is 19.5 Å². The van der Waals surface area contributed by atoms with Gasteiger partial charge in [0.2, 0.25) is 0 Å². The van der Waals surface area contributed by atoms with Gasteiger partial charge < -0.3 is 15.7 Å². The summed E-state index contributed by atoms with van der Waals surface area (Å²) < 4.78 is 0. The highest BCUT2D eigenvalue weighted by atomic mass is 16.4. The number of carbonyl (C=O) groups is 3. The van der Waals surface area contributed by atoms with Crippen LogP contribution in [0.15, 0.2) is 72.9 Å². The van der Waals surface area contributed by atoms with Crippen LogP contribution in [0.2, 0.25) is 0 Å². The van der Waals surface area contributed by atoms with Crippen LogP contribution in [0.5, 0.6) is 0 Å². The van der Waals surface area contributed by atoms with E-state index in [0.717, 1.165) is 16.7 Å². The lowest BCUT2D eigenvalue weighted by Gasteiger charge is -2.18. The van der Waals surface area contributed by atoms with Gasteiger partial charge in [-0.25, -0.2) is 14.6 Å². The Hall–Kier alpha value is -4.20. The summed E-state index contributed by atoms with van der Waals surface area (Å²) >= 11 is 0. The Morgan fingerprint density at radius 1 is 0.909 bits per heavy atom. The molecule has 0 radical (unpaired) electrons. The second-order valence-electron chi connectivity index (χ2n) is 7.84. The summed E-state index contributed by atoms with van der Waals surface area (Å²) in [4.78, 5) is 40.0. The molecule has 1 aromatic heterocycles. The zero-order chi connectivity index (χ0) is 23.8. The average Bonchev–Trinajstić information content (AvgIpc) is 2.82. The van der Waals surface area contributed by atoms with Crippen LogP contribution in [-0.4, -0.2) is 34.0 Å². The summed E-state index contributed by atoms with van der Waals surface area (Å²) in [6, 6.07) is 18.6. The summed E-state index contributed by atoms with van der Waals surface area (Å²) in [5.41, 5.74) is 3.00. The van der Waals surface area contributed by atoms with Crippen molar-refractivity contribution in [3.8, 4) is 11.1 Å². The normalized spacial score (nSPS) is 11.5. The van der Waals surface area contributed by atoms with E-state index in [2.05, 4.69) is 20.9 Å². The SMILES string of the molecule is CC(C)[C@H](NC(=O)c1ccc(-c2ccc(NC(=O)NCc3ccccc3)nc2)cc1)C(=O)O. The molecular formula is C25H26N4O4. The topological polar surface area (TPSA) is 120 Å².